The van der Waals surface area contributed by atoms with Gasteiger partial charge in [0.05, 0.1) is 7.11 Å². The summed E-state index contributed by atoms with van der Waals surface area (Å²) in [5.41, 5.74) is 5.77. The Morgan fingerprint density at radius 2 is 2.08 bits per heavy atom. The van der Waals surface area contributed by atoms with E-state index in [4.69, 9.17) is 17.0 Å². The molecule has 1 aromatic carbocycles. The minimum Gasteiger partial charge on any atom is -0.494 e. The number of nitrogens with one attached hydrogen (secondary N) is 3. The van der Waals surface area contributed by atoms with Crippen LogP contribution in [0, 0.1) is 17.7 Å². The van der Waals surface area contributed by atoms with Crippen molar-refractivity contribution < 1.29 is 13.9 Å². The number of hydrogen-bond donors (Lipinski definition) is 3. The fourth-order valence-corrected chi connectivity index (χ4v) is 3.31. The fraction of sp³-hybridized carbons (Fsp3) is 0.474. The van der Waals surface area contributed by atoms with Crippen LogP contribution >= 0.6 is 12.2 Å². The fourth-order valence-electron chi connectivity index (χ4n) is 3.11. The van der Waals surface area contributed by atoms with Crippen molar-refractivity contribution in [3.63, 3.8) is 0 Å². The summed E-state index contributed by atoms with van der Waals surface area (Å²) in [4.78, 5) is 11.9. The molecule has 0 heterocycles. The third-order valence-corrected chi connectivity index (χ3v) is 5.15. The number of methoxy groups -OCH3 is 1. The Hall–Kier alpha value is -2.15. The van der Waals surface area contributed by atoms with Crippen molar-refractivity contribution in [2.24, 2.45) is 11.8 Å². The third-order valence-electron chi connectivity index (χ3n) is 4.93. The van der Waals surface area contributed by atoms with Crippen molar-refractivity contribution >= 4 is 29.3 Å². The van der Waals surface area contributed by atoms with Gasteiger partial charge in [0.2, 0.25) is 0 Å². The van der Waals surface area contributed by atoms with Crippen LogP contribution < -0.4 is 20.9 Å². The molecule has 0 unspecified atom stereocenters. The van der Waals surface area contributed by atoms with Gasteiger partial charge in [0.25, 0.3) is 5.91 Å². The van der Waals surface area contributed by atoms with Crippen molar-refractivity contribution in [1.29, 1.82) is 0 Å². The SMILES string of the molecule is COc1ccc(/C=C/C(=O)NNC(=S)N[C@H]2CCC[C@@H](C)[C@H]2C)cc1F. The number of ether oxygens (including phenoxy) is 1. The third kappa shape index (κ3) is 5.69. The lowest BCUT2D eigenvalue weighted by molar-refractivity contribution is -0.116. The number of hydrogen-bond acceptors (Lipinski definition) is 3. The lowest BCUT2D eigenvalue weighted by Gasteiger charge is -2.35. The Morgan fingerprint density at radius 1 is 1.31 bits per heavy atom. The van der Waals surface area contributed by atoms with Gasteiger partial charge in [-0.3, -0.25) is 15.6 Å². The van der Waals surface area contributed by atoms with Crippen LogP contribution in [0.3, 0.4) is 0 Å². The number of rotatable bonds is 4. The average Bonchev–Trinajstić information content (AvgIpc) is 2.62. The van der Waals surface area contributed by atoms with E-state index >= 15 is 0 Å². The van der Waals surface area contributed by atoms with E-state index < -0.39 is 5.82 Å². The average molecular weight is 380 g/mol. The van der Waals surface area contributed by atoms with E-state index in [2.05, 4.69) is 30.0 Å². The van der Waals surface area contributed by atoms with Crippen molar-refractivity contribution in [3.05, 3.63) is 35.7 Å². The Labute approximate surface area is 159 Å². The molecule has 0 radical (unpaired) electrons. The molecule has 1 saturated carbocycles. The molecule has 0 aliphatic heterocycles. The number of carbonyl (C=O) groups is 1. The van der Waals surface area contributed by atoms with Gasteiger partial charge in [0, 0.05) is 12.1 Å². The first-order chi connectivity index (χ1) is 12.4. The summed E-state index contributed by atoms with van der Waals surface area (Å²) in [6, 6.07) is 4.79. The second-order valence-corrected chi connectivity index (χ2v) is 7.10. The maximum atomic E-state index is 13.6. The molecule has 0 bridgehead atoms. The number of thiocarbonyl (C=S) groups is 1. The van der Waals surface area contributed by atoms with Crippen molar-refractivity contribution in [2.75, 3.05) is 7.11 Å². The van der Waals surface area contributed by atoms with Crippen LogP contribution in [-0.2, 0) is 4.79 Å². The van der Waals surface area contributed by atoms with Crippen LogP contribution in [0.2, 0.25) is 0 Å². The zero-order valence-electron chi connectivity index (χ0n) is 15.3. The highest BCUT2D eigenvalue weighted by Gasteiger charge is 2.27. The molecule has 1 aromatic rings. The molecular formula is C19H26FN3O2S. The van der Waals surface area contributed by atoms with E-state index in [1.54, 1.807) is 6.07 Å². The van der Waals surface area contributed by atoms with Gasteiger partial charge in [0.1, 0.15) is 0 Å². The second-order valence-electron chi connectivity index (χ2n) is 6.69. The van der Waals surface area contributed by atoms with Gasteiger partial charge < -0.3 is 10.1 Å². The molecule has 0 spiro atoms. The number of benzene rings is 1. The molecule has 1 fully saturated rings. The normalized spacial score (nSPS) is 22.7. The summed E-state index contributed by atoms with van der Waals surface area (Å²) in [5, 5.41) is 3.66. The van der Waals surface area contributed by atoms with Crippen LogP contribution in [0.15, 0.2) is 24.3 Å². The van der Waals surface area contributed by atoms with Gasteiger partial charge in [-0.1, -0.05) is 32.8 Å². The minimum absolute atomic E-state index is 0.163. The van der Waals surface area contributed by atoms with Gasteiger partial charge in [-0.15, -0.1) is 0 Å². The number of amides is 1. The smallest absolute Gasteiger partial charge is 0.262 e. The van der Waals surface area contributed by atoms with E-state index in [0.717, 1.165) is 6.42 Å². The van der Waals surface area contributed by atoms with Crippen LogP contribution in [0.25, 0.3) is 6.08 Å². The molecule has 1 amide bonds. The second kappa shape index (κ2) is 9.52. The lowest BCUT2D eigenvalue weighted by Crippen LogP contribution is -2.52. The van der Waals surface area contributed by atoms with E-state index in [9.17, 15) is 9.18 Å². The Bertz CT molecular complexity index is 681. The topological polar surface area (TPSA) is 62.4 Å². The van der Waals surface area contributed by atoms with E-state index in [1.807, 2.05) is 0 Å². The zero-order chi connectivity index (χ0) is 19.1. The molecule has 0 aromatic heterocycles. The summed E-state index contributed by atoms with van der Waals surface area (Å²) >= 11 is 5.24. The van der Waals surface area contributed by atoms with Crippen LogP contribution in [0.4, 0.5) is 4.39 Å². The first kappa shape index (κ1) is 20.2. The van der Waals surface area contributed by atoms with E-state index in [0.29, 0.717) is 28.6 Å². The first-order valence-corrected chi connectivity index (χ1v) is 9.19. The quantitative estimate of drug-likeness (QED) is 0.426. The molecule has 142 valence electrons. The van der Waals surface area contributed by atoms with Crippen LogP contribution in [-0.4, -0.2) is 24.2 Å². The summed E-state index contributed by atoms with van der Waals surface area (Å²) in [6.45, 7) is 4.48. The van der Waals surface area contributed by atoms with Crippen molar-refractivity contribution in [1.82, 2.24) is 16.2 Å². The summed E-state index contributed by atoms with van der Waals surface area (Å²) in [7, 11) is 1.40. The Kier molecular flexibility index (Phi) is 7.38. The molecule has 5 nitrogen and oxygen atoms in total. The monoisotopic (exact) mass is 379 g/mol. The van der Waals surface area contributed by atoms with Crippen LogP contribution in [0.1, 0.15) is 38.7 Å². The molecule has 2 rings (SSSR count). The lowest BCUT2D eigenvalue weighted by atomic mass is 9.78. The summed E-state index contributed by atoms with van der Waals surface area (Å²) < 4.78 is 18.5. The first-order valence-electron chi connectivity index (χ1n) is 8.78. The molecule has 0 saturated heterocycles. The standard InChI is InChI=1S/C19H26FN3O2S/c1-12-5-4-6-16(13(12)2)21-19(26)23-22-18(24)10-8-14-7-9-17(25-3)15(20)11-14/h7-13,16H,4-6H2,1-3H3,(H,22,24)(H2,21,23,26)/b10-8+/t12-,13-,16+/m1/s1. The zero-order valence-corrected chi connectivity index (χ0v) is 16.2. The van der Waals surface area contributed by atoms with Crippen molar-refractivity contribution in [3.8, 4) is 5.75 Å². The molecular weight excluding hydrogens is 353 g/mol. The minimum atomic E-state index is -0.477. The predicted octanol–water partition coefficient (Wildman–Crippen LogP) is 3.17. The maximum absolute atomic E-state index is 13.6. The van der Waals surface area contributed by atoms with Gasteiger partial charge >= 0.3 is 0 Å². The Morgan fingerprint density at radius 3 is 2.77 bits per heavy atom. The van der Waals surface area contributed by atoms with Gasteiger partial charge in [-0.25, -0.2) is 4.39 Å². The number of hydrazine groups is 1. The Balaban J connectivity index is 1.79. The maximum Gasteiger partial charge on any atom is 0.262 e. The van der Waals surface area contributed by atoms with Gasteiger partial charge in [-0.05, 0) is 54.2 Å². The van der Waals surface area contributed by atoms with Crippen LogP contribution in [0.5, 0.6) is 5.75 Å². The van der Waals surface area contributed by atoms with E-state index in [-0.39, 0.29) is 11.7 Å². The molecule has 1 aliphatic rings. The van der Waals surface area contributed by atoms with E-state index in [1.165, 1.54) is 44.2 Å². The molecule has 1 aliphatic carbocycles. The largest absolute Gasteiger partial charge is 0.494 e. The molecule has 7 heteroatoms. The predicted molar refractivity (Wildman–Crippen MR) is 105 cm³/mol. The highest BCUT2D eigenvalue weighted by molar-refractivity contribution is 7.80. The summed E-state index contributed by atoms with van der Waals surface area (Å²) in [6.07, 6.45) is 6.32. The summed E-state index contributed by atoms with van der Waals surface area (Å²) in [5.74, 6) is 0.497. The van der Waals surface area contributed by atoms with Gasteiger partial charge in [-0.2, -0.15) is 0 Å². The highest BCUT2D eigenvalue weighted by atomic mass is 32.1. The molecule has 3 N–H and O–H groups in total. The number of halogens is 1. The molecule has 3 atom stereocenters. The van der Waals surface area contributed by atoms with Crippen molar-refractivity contribution in [2.45, 2.75) is 39.2 Å². The highest BCUT2D eigenvalue weighted by Crippen LogP contribution is 2.29. The van der Waals surface area contributed by atoms with Gasteiger partial charge in [0.15, 0.2) is 16.7 Å². The molecule has 26 heavy (non-hydrogen) atoms. The number of carbonyl (C=O) groups excluding carboxylic acids is 1.